The first kappa shape index (κ1) is 12.6. The van der Waals surface area contributed by atoms with E-state index in [1.54, 1.807) is 0 Å². The molecule has 1 saturated carbocycles. The number of carbonyl (C=O) groups excluding carboxylic acids is 1. The van der Waals surface area contributed by atoms with Crippen molar-refractivity contribution in [3.63, 3.8) is 0 Å². The second-order valence-electron chi connectivity index (χ2n) is 4.88. The minimum atomic E-state index is 0.276. The van der Waals surface area contributed by atoms with Crippen molar-refractivity contribution in [3.05, 3.63) is 34.3 Å². The van der Waals surface area contributed by atoms with E-state index in [9.17, 15) is 4.79 Å². The van der Waals surface area contributed by atoms with Crippen molar-refractivity contribution >= 4 is 21.8 Å². The molecule has 0 radical (unpaired) electrons. The summed E-state index contributed by atoms with van der Waals surface area (Å²) in [6.07, 6.45) is 4.50. The molecule has 2 rings (SSSR count). The van der Waals surface area contributed by atoms with Crippen molar-refractivity contribution in [2.24, 2.45) is 5.92 Å². The Kier molecular flexibility index (Phi) is 4.21. The van der Waals surface area contributed by atoms with Crippen LogP contribution >= 0.6 is 15.9 Å². The largest absolute Gasteiger partial charge is 0.341 e. The third-order valence-corrected chi connectivity index (χ3v) is 3.98. The molecule has 0 atom stereocenters. The zero-order valence-electron chi connectivity index (χ0n) is 10.2. The van der Waals surface area contributed by atoms with Crippen molar-refractivity contribution in [2.45, 2.75) is 32.2 Å². The first-order valence-electron chi connectivity index (χ1n) is 6.13. The lowest BCUT2D eigenvalue weighted by Crippen LogP contribution is -2.29. The summed E-state index contributed by atoms with van der Waals surface area (Å²) in [5.41, 5.74) is 1.18. The SMILES string of the molecule is CN(Cc1ccc(Br)cc1)C(=O)CC1CCC1. The summed E-state index contributed by atoms with van der Waals surface area (Å²) in [5, 5.41) is 0. The van der Waals surface area contributed by atoms with Gasteiger partial charge in [0.1, 0.15) is 0 Å². The summed E-state index contributed by atoms with van der Waals surface area (Å²) in [6, 6.07) is 8.13. The Hall–Kier alpha value is -0.830. The molecule has 1 aliphatic rings. The van der Waals surface area contributed by atoms with Gasteiger partial charge in [-0.1, -0.05) is 34.5 Å². The molecule has 0 aromatic heterocycles. The van der Waals surface area contributed by atoms with Crippen molar-refractivity contribution in [2.75, 3.05) is 7.05 Å². The maximum absolute atomic E-state index is 11.9. The highest BCUT2D eigenvalue weighted by atomic mass is 79.9. The van der Waals surface area contributed by atoms with Crippen LogP contribution in [0.5, 0.6) is 0 Å². The Morgan fingerprint density at radius 1 is 1.35 bits per heavy atom. The molecule has 92 valence electrons. The summed E-state index contributed by atoms with van der Waals surface area (Å²) in [7, 11) is 1.89. The van der Waals surface area contributed by atoms with Crippen LogP contribution in [0.3, 0.4) is 0 Å². The molecule has 0 saturated heterocycles. The molecule has 1 aromatic rings. The highest BCUT2D eigenvalue weighted by Crippen LogP contribution is 2.29. The van der Waals surface area contributed by atoms with E-state index in [-0.39, 0.29) is 5.91 Å². The molecule has 17 heavy (non-hydrogen) atoms. The smallest absolute Gasteiger partial charge is 0.222 e. The zero-order chi connectivity index (χ0) is 12.3. The van der Waals surface area contributed by atoms with Gasteiger partial charge in [-0.3, -0.25) is 4.79 Å². The van der Waals surface area contributed by atoms with Gasteiger partial charge in [0.15, 0.2) is 0 Å². The maximum atomic E-state index is 11.9. The van der Waals surface area contributed by atoms with Crippen LogP contribution in [-0.4, -0.2) is 17.9 Å². The number of halogens is 1. The van der Waals surface area contributed by atoms with Crippen LogP contribution < -0.4 is 0 Å². The third-order valence-electron chi connectivity index (χ3n) is 3.45. The minimum absolute atomic E-state index is 0.276. The fourth-order valence-electron chi connectivity index (χ4n) is 2.05. The van der Waals surface area contributed by atoms with Crippen LogP contribution in [0.25, 0.3) is 0 Å². The molecule has 0 bridgehead atoms. The second-order valence-corrected chi connectivity index (χ2v) is 5.79. The van der Waals surface area contributed by atoms with Crippen LogP contribution in [0.4, 0.5) is 0 Å². The van der Waals surface area contributed by atoms with E-state index in [1.165, 1.54) is 24.8 Å². The molecule has 0 unspecified atom stereocenters. The molecule has 3 heteroatoms. The average Bonchev–Trinajstić information content (AvgIpc) is 2.26. The van der Waals surface area contributed by atoms with E-state index < -0.39 is 0 Å². The number of rotatable bonds is 4. The highest BCUT2D eigenvalue weighted by Gasteiger charge is 2.22. The molecule has 1 aromatic carbocycles. The Labute approximate surface area is 111 Å². The van der Waals surface area contributed by atoms with Crippen LogP contribution in [0.1, 0.15) is 31.2 Å². The van der Waals surface area contributed by atoms with E-state index in [2.05, 4.69) is 28.1 Å². The second kappa shape index (κ2) is 5.67. The van der Waals surface area contributed by atoms with Crippen LogP contribution in [-0.2, 0) is 11.3 Å². The van der Waals surface area contributed by atoms with Gasteiger partial charge < -0.3 is 4.90 Å². The monoisotopic (exact) mass is 295 g/mol. The highest BCUT2D eigenvalue weighted by molar-refractivity contribution is 9.10. The molecule has 0 spiro atoms. The average molecular weight is 296 g/mol. The quantitative estimate of drug-likeness (QED) is 0.831. The molecule has 2 nitrogen and oxygen atoms in total. The lowest BCUT2D eigenvalue weighted by Gasteiger charge is -2.27. The molecular formula is C14H18BrNO. The van der Waals surface area contributed by atoms with Gasteiger partial charge >= 0.3 is 0 Å². The molecule has 0 aliphatic heterocycles. The van der Waals surface area contributed by atoms with Gasteiger partial charge in [-0.15, -0.1) is 0 Å². The summed E-state index contributed by atoms with van der Waals surface area (Å²) < 4.78 is 1.07. The van der Waals surface area contributed by atoms with E-state index >= 15 is 0 Å². The molecular weight excluding hydrogens is 278 g/mol. The molecule has 1 aliphatic carbocycles. The van der Waals surface area contributed by atoms with Gasteiger partial charge in [0.05, 0.1) is 0 Å². The first-order chi connectivity index (χ1) is 8.15. The van der Waals surface area contributed by atoms with Crippen molar-refractivity contribution in [3.8, 4) is 0 Å². The van der Waals surface area contributed by atoms with E-state index in [1.807, 2.05) is 24.1 Å². The number of amides is 1. The lowest BCUT2D eigenvalue weighted by molar-refractivity contribution is -0.132. The molecule has 0 heterocycles. The normalized spacial score (nSPS) is 15.4. The zero-order valence-corrected chi connectivity index (χ0v) is 11.7. The lowest BCUT2D eigenvalue weighted by atomic mass is 9.83. The fourth-order valence-corrected chi connectivity index (χ4v) is 2.32. The van der Waals surface area contributed by atoms with Gasteiger partial charge in [0.25, 0.3) is 0 Å². The minimum Gasteiger partial charge on any atom is -0.341 e. The van der Waals surface area contributed by atoms with Gasteiger partial charge in [-0.25, -0.2) is 0 Å². The maximum Gasteiger partial charge on any atom is 0.222 e. The van der Waals surface area contributed by atoms with Crippen LogP contribution in [0, 0.1) is 5.92 Å². The number of hydrogen-bond donors (Lipinski definition) is 0. The number of nitrogens with zero attached hydrogens (tertiary/aromatic N) is 1. The third kappa shape index (κ3) is 3.56. The Balaban J connectivity index is 1.84. The summed E-state index contributed by atoms with van der Waals surface area (Å²) in [4.78, 5) is 13.8. The van der Waals surface area contributed by atoms with Gasteiger partial charge in [-0.2, -0.15) is 0 Å². The van der Waals surface area contributed by atoms with Crippen LogP contribution in [0.2, 0.25) is 0 Å². The van der Waals surface area contributed by atoms with E-state index in [0.717, 1.165) is 10.9 Å². The fraction of sp³-hybridized carbons (Fsp3) is 0.500. The summed E-state index contributed by atoms with van der Waals surface area (Å²) in [6.45, 7) is 0.707. The Morgan fingerprint density at radius 2 is 2.00 bits per heavy atom. The topological polar surface area (TPSA) is 20.3 Å². The van der Waals surface area contributed by atoms with E-state index in [4.69, 9.17) is 0 Å². The van der Waals surface area contributed by atoms with Gasteiger partial charge in [0.2, 0.25) is 5.91 Å². The van der Waals surface area contributed by atoms with E-state index in [0.29, 0.717) is 12.5 Å². The van der Waals surface area contributed by atoms with Gasteiger partial charge in [-0.05, 0) is 36.5 Å². The van der Waals surface area contributed by atoms with Crippen molar-refractivity contribution in [1.29, 1.82) is 0 Å². The number of carbonyl (C=O) groups is 1. The predicted octanol–water partition coefficient (Wildman–Crippen LogP) is 3.60. The predicted molar refractivity (Wildman–Crippen MR) is 72.6 cm³/mol. The molecule has 1 amide bonds. The van der Waals surface area contributed by atoms with Crippen LogP contribution in [0.15, 0.2) is 28.7 Å². The Morgan fingerprint density at radius 3 is 2.53 bits per heavy atom. The summed E-state index contributed by atoms with van der Waals surface area (Å²) in [5.74, 6) is 0.924. The molecule has 1 fully saturated rings. The summed E-state index contributed by atoms with van der Waals surface area (Å²) >= 11 is 3.41. The number of hydrogen-bond acceptors (Lipinski definition) is 1. The van der Waals surface area contributed by atoms with Crippen molar-refractivity contribution in [1.82, 2.24) is 4.90 Å². The van der Waals surface area contributed by atoms with Gasteiger partial charge in [0, 0.05) is 24.5 Å². The number of benzene rings is 1. The Bertz CT molecular complexity index is 384. The molecule has 0 N–H and O–H groups in total. The first-order valence-corrected chi connectivity index (χ1v) is 6.93. The van der Waals surface area contributed by atoms with Crippen molar-refractivity contribution < 1.29 is 4.79 Å². The standard InChI is InChI=1S/C14H18BrNO/c1-16(14(17)9-11-3-2-4-11)10-12-5-7-13(15)8-6-12/h5-8,11H,2-4,9-10H2,1H3.